The first-order valence-corrected chi connectivity index (χ1v) is 12.2. The van der Waals surface area contributed by atoms with Crippen molar-refractivity contribution in [2.75, 3.05) is 14.2 Å². The van der Waals surface area contributed by atoms with Crippen molar-refractivity contribution >= 4 is 17.4 Å². The van der Waals surface area contributed by atoms with Crippen molar-refractivity contribution in [2.45, 2.75) is 38.5 Å². The number of alkyl halides is 3. The molecule has 4 rings (SSSR count). The van der Waals surface area contributed by atoms with E-state index < -0.39 is 29.5 Å². The number of carbonyl (C=O) groups is 2. The minimum Gasteiger partial charge on any atom is -0.507 e. The molecule has 1 N–H and O–H groups in total. The Kier molecular flexibility index (Phi) is 7.72. The number of ether oxygens (including phenoxy) is 2. The van der Waals surface area contributed by atoms with Crippen LogP contribution in [0.1, 0.15) is 53.6 Å². The SMILES string of the molecule is COc1ccc(C2/C(=C(/O)c3ccc(OC)c(C(C)C)c3)C(=O)C(=O)N2Cc2cccc(C(F)(F)F)c2)cc1. The van der Waals surface area contributed by atoms with Crippen LogP contribution in [0.3, 0.4) is 0 Å². The van der Waals surface area contributed by atoms with Gasteiger partial charge in [-0.15, -0.1) is 0 Å². The Morgan fingerprint density at radius 3 is 2.26 bits per heavy atom. The zero-order valence-corrected chi connectivity index (χ0v) is 21.9. The van der Waals surface area contributed by atoms with Gasteiger partial charge in [-0.1, -0.05) is 38.1 Å². The zero-order valence-electron chi connectivity index (χ0n) is 21.9. The van der Waals surface area contributed by atoms with Crippen molar-refractivity contribution in [1.82, 2.24) is 4.90 Å². The lowest BCUT2D eigenvalue weighted by molar-refractivity contribution is -0.140. The summed E-state index contributed by atoms with van der Waals surface area (Å²) in [6.45, 7) is 3.63. The van der Waals surface area contributed by atoms with Gasteiger partial charge in [-0.3, -0.25) is 9.59 Å². The van der Waals surface area contributed by atoms with Gasteiger partial charge in [-0.25, -0.2) is 0 Å². The fourth-order valence-electron chi connectivity index (χ4n) is 4.71. The van der Waals surface area contributed by atoms with E-state index in [1.165, 1.54) is 31.3 Å². The van der Waals surface area contributed by atoms with E-state index in [9.17, 15) is 27.9 Å². The van der Waals surface area contributed by atoms with E-state index in [1.807, 2.05) is 13.8 Å². The molecule has 0 aliphatic carbocycles. The maximum atomic E-state index is 13.4. The second kappa shape index (κ2) is 10.8. The van der Waals surface area contributed by atoms with Gasteiger partial charge in [0.15, 0.2) is 0 Å². The summed E-state index contributed by atoms with van der Waals surface area (Å²) < 4.78 is 50.6. The standard InChI is InChI=1S/C30H28F3NO5/c1-17(2)23-15-20(10-13-24(23)39-4)27(35)25-26(19-8-11-22(38-3)12-9-19)34(29(37)28(25)36)16-18-6-5-7-21(14-18)30(31,32)33/h5-15,17,26,35H,16H2,1-4H3/b27-25-. The molecule has 1 fully saturated rings. The van der Waals surface area contributed by atoms with E-state index >= 15 is 0 Å². The van der Waals surface area contributed by atoms with Crippen LogP contribution in [0.15, 0.2) is 72.3 Å². The van der Waals surface area contributed by atoms with Crippen LogP contribution >= 0.6 is 0 Å². The predicted octanol–water partition coefficient (Wildman–Crippen LogP) is 6.47. The zero-order chi connectivity index (χ0) is 28.5. The number of methoxy groups -OCH3 is 2. The molecular formula is C30H28F3NO5. The third-order valence-corrected chi connectivity index (χ3v) is 6.70. The molecular weight excluding hydrogens is 511 g/mol. The molecule has 1 saturated heterocycles. The predicted molar refractivity (Wildman–Crippen MR) is 139 cm³/mol. The highest BCUT2D eigenvalue weighted by Crippen LogP contribution is 2.42. The van der Waals surface area contributed by atoms with Gasteiger partial charge < -0.3 is 19.5 Å². The Balaban J connectivity index is 1.86. The topological polar surface area (TPSA) is 76.1 Å². The summed E-state index contributed by atoms with van der Waals surface area (Å²) in [6.07, 6.45) is -4.57. The lowest BCUT2D eigenvalue weighted by atomic mass is 9.93. The summed E-state index contributed by atoms with van der Waals surface area (Å²) in [5, 5.41) is 11.4. The van der Waals surface area contributed by atoms with Crippen LogP contribution in [0.25, 0.3) is 5.76 Å². The Hall–Kier alpha value is -4.27. The molecule has 39 heavy (non-hydrogen) atoms. The fourth-order valence-corrected chi connectivity index (χ4v) is 4.71. The number of rotatable bonds is 7. The van der Waals surface area contributed by atoms with Crippen LogP contribution in [-0.2, 0) is 22.3 Å². The van der Waals surface area contributed by atoms with Gasteiger partial charge >= 0.3 is 6.18 Å². The molecule has 3 aromatic rings. The van der Waals surface area contributed by atoms with Crippen molar-refractivity contribution in [3.8, 4) is 11.5 Å². The summed E-state index contributed by atoms with van der Waals surface area (Å²) in [7, 11) is 3.02. The van der Waals surface area contributed by atoms with Gasteiger partial charge in [-0.2, -0.15) is 13.2 Å². The smallest absolute Gasteiger partial charge is 0.416 e. The molecule has 1 heterocycles. The van der Waals surface area contributed by atoms with Crippen molar-refractivity contribution in [3.63, 3.8) is 0 Å². The number of halogens is 3. The third kappa shape index (κ3) is 5.48. The van der Waals surface area contributed by atoms with Gasteiger partial charge in [0.2, 0.25) is 0 Å². The molecule has 1 unspecified atom stereocenters. The van der Waals surface area contributed by atoms with Gasteiger partial charge in [-0.05, 0) is 65.1 Å². The second-order valence-electron chi connectivity index (χ2n) is 9.51. The summed E-state index contributed by atoms with van der Waals surface area (Å²) in [5.41, 5.74) is 0.766. The number of benzene rings is 3. The lowest BCUT2D eigenvalue weighted by Gasteiger charge is -2.26. The quantitative estimate of drug-likeness (QED) is 0.212. The number of aliphatic hydroxyl groups excluding tert-OH is 1. The molecule has 0 saturated carbocycles. The number of ketones is 1. The number of likely N-dealkylation sites (tertiary alicyclic amines) is 1. The molecule has 0 aromatic heterocycles. The Labute approximate surface area is 224 Å². The molecule has 3 aromatic carbocycles. The highest BCUT2D eigenvalue weighted by atomic mass is 19.4. The molecule has 1 atom stereocenters. The summed E-state index contributed by atoms with van der Waals surface area (Å²) in [4.78, 5) is 27.8. The van der Waals surface area contributed by atoms with Crippen molar-refractivity contribution in [2.24, 2.45) is 0 Å². The van der Waals surface area contributed by atoms with Gasteiger partial charge in [0, 0.05) is 12.1 Å². The van der Waals surface area contributed by atoms with E-state index in [4.69, 9.17) is 9.47 Å². The molecule has 1 aliphatic heterocycles. The summed E-state index contributed by atoms with van der Waals surface area (Å²) in [5.74, 6) is -1.06. The molecule has 204 valence electrons. The van der Waals surface area contributed by atoms with E-state index in [-0.39, 0.29) is 29.4 Å². The van der Waals surface area contributed by atoms with E-state index in [0.29, 0.717) is 22.6 Å². The van der Waals surface area contributed by atoms with Crippen LogP contribution in [-0.4, -0.2) is 35.9 Å². The molecule has 9 heteroatoms. The number of hydrogen-bond acceptors (Lipinski definition) is 5. The Morgan fingerprint density at radius 1 is 0.974 bits per heavy atom. The van der Waals surface area contributed by atoms with Crippen LogP contribution < -0.4 is 9.47 Å². The molecule has 0 spiro atoms. The maximum absolute atomic E-state index is 13.4. The van der Waals surface area contributed by atoms with E-state index in [2.05, 4.69) is 0 Å². The first-order valence-electron chi connectivity index (χ1n) is 12.2. The molecule has 0 radical (unpaired) electrons. The summed E-state index contributed by atoms with van der Waals surface area (Å²) in [6, 6.07) is 15.1. The third-order valence-electron chi connectivity index (χ3n) is 6.70. The summed E-state index contributed by atoms with van der Waals surface area (Å²) >= 11 is 0. The molecule has 6 nitrogen and oxygen atoms in total. The monoisotopic (exact) mass is 539 g/mol. The number of amides is 1. The highest BCUT2D eigenvalue weighted by Gasteiger charge is 2.46. The largest absolute Gasteiger partial charge is 0.507 e. The number of Topliss-reactive ketones (excluding diaryl/α,β-unsaturated/α-hetero) is 1. The normalized spacial score (nSPS) is 17.1. The van der Waals surface area contributed by atoms with Crippen LogP contribution in [0, 0.1) is 0 Å². The molecule has 1 amide bonds. The number of hydrogen-bond donors (Lipinski definition) is 1. The second-order valence-corrected chi connectivity index (χ2v) is 9.51. The van der Waals surface area contributed by atoms with Crippen LogP contribution in [0.4, 0.5) is 13.2 Å². The van der Waals surface area contributed by atoms with Gasteiger partial charge in [0.1, 0.15) is 17.3 Å². The average Bonchev–Trinajstić information content (AvgIpc) is 3.16. The minimum atomic E-state index is -4.57. The number of nitrogens with zero attached hydrogens (tertiary/aromatic N) is 1. The first kappa shape index (κ1) is 27.8. The Bertz CT molecular complexity index is 1430. The maximum Gasteiger partial charge on any atom is 0.416 e. The molecule has 1 aliphatic rings. The Morgan fingerprint density at radius 2 is 1.67 bits per heavy atom. The lowest BCUT2D eigenvalue weighted by Crippen LogP contribution is -2.29. The van der Waals surface area contributed by atoms with Gasteiger partial charge in [0.25, 0.3) is 11.7 Å². The first-order chi connectivity index (χ1) is 18.5. The van der Waals surface area contributed by atoms with E-state index in [1.54, 1.807) is 42.5 Å². The van der Waals surface area contributed by atoms with E-state index in [0.717, 1.165) is 17.7 Å². The van der Waals surface area contributed by atoms with Crippen molar-refractivity contribution in [1.29, 1.82) is 0 Å². The fraction of sp³-hybridized carbons (Fsp3) is 0.267. The van der Waals surface area contributed by atoms with Crippen LogP contribution in [0.5, 0.6) is 11.5 Å². The number of aliphatic hydroxyl groups is 1. The van der Waals surface area contributed by atoms with Gasteiger partial charge in [0.05, 0.1) is 31.4 Å². The van der Waals surface area contributed by atoms with Crippen LogP contribution in [0.2, 0.25) is 0 Å². The average molecular weight is 540 g/mol. The minimum absolute atomic E-state index is 0.0356. The highest BCUT2D eigenvalue weighted by molar-refractivity contribution is 6.46. The molecule has 0 bridgehead atoms. The van der Waals surface area contributed by atoms with Crippen molar-refractivity contribution < 1.29 is 37.3 Å². The number of carbonyl (C=O) groups excluding carboxylic acids is 2. The van der Waals surface area contributed by atoms with Crippen molar-refractivity contribution in [3.05, 3.63) is 100 Å².